The maximum absolute atomic E-state index is 13.5. The monoisotopic (exact) mass is 496 g/mol. The lowest BCUT2D eigenvalue weighted by Crippen LogP contribution is -2.62. The third-order valence-electron chi connectivity index (χ3n) is 9.36. The molecule has 0 aromatic heterocycles. The van der Waals surface area contributed by atoms with Crippen molar-refractivity contribution < 1.29 is 28.7 Å². The largest absolute Gasteiger partial charge is 0.468 e. The van der Waals surface area contributed by atoms with Gasteiger partial charge in [0.05, 0.1) is 7.11 Å². The van der Waals surface area contributed by atoms with Crippen molar-refractivity contribution in [2.45, 2.75) is 79.8 Å². The second-order valence-corrected chi connectivity index (χ2v) is 11.4. The average molecular weight is 497 g/mol. The number of hydrogen-bond donors (Lipinski definition) is 0. The molecule has 0 radical (unpaired) electrons. The molecule has 0 amide bonds. The number of hydrogen-bond acceptors (Lipinski definition) is 6. The molecule has 36 heavy (non-hydrogen) atoms. The van der Waals surface area contributed by atoms with Gasteiger partial charge in [0, 0.05) is 24.3 Å². The van der Waals surface area contributed by atoms with Gasteiger partial charge in [0.25, 0.3) is 0 Å². The van der Waals surface area contributed by atoms with Gasteiger partial charge in [-0.3, -0.25) is 19.2 Å². The van der Waals surface area contributed by atoms with Crippen LogP contribution >= 0.6 is 0 Å². The van der Waals surface area contributed by atoms with E-state index in [-0.39, 0.29) is 34.4 Å². The van der Waals surface area contributed by atoms with Crippen molar-refractivity contribution >= 4 is 24.0 Å². The van der Waals surface area contributed by atoms with E-state index in [1.54, 1.807) is 6.08 Å². The Labute approximate surface area is 214 Å². The minimum atomic E-state index is -0.962. The van der Waals surface area contributed by atoms with Crippen LogP contribution in [-0.2, 0) is 28.7 Å². The first-order valence-electron chi connectivity index (χ1n) is 12.8. The number of Topliss-reactive ketones (excluding diaryl/α,β-unsaturated/α-hetero) is 1. The first kappa shape index (κ1) is 27.8. The fraction of sp³-hybridized carbons (Fsp3) is 0.600. The third-order valence-corrected chi connectivity index (χ3v) is 9.36. The van der Waals surface area contributed by atoms with E-state index in [0.717, 1.165) is 42.3 Å². The maximum atomic E-state index is 13.5. The molecule has 3 rings (SSSR count). The minimum absolute atomic E-state index is 0.0631. The van der Waals surface area contributed by atoms with Crippen molar-refractivity contribution in [3.63, 3.8) is 0 Å². The number of carbonyl (C=O) groups excluding carboxylic acids is 4. The second kappa shape index (κ2) is 10.3. The van der Waals surface area contributed by atoms with Crippen LogP contribution in [0.25, 0.3) is 0 Å². The zero-order chi connectivity index (χ0) is 26.9. The number of methoxy groups -OCH3 is 1. The van der Waals surface area contributed by atoms with E-state index >= 15 is 0 Å². The quantitative estimate of drug-likeness (QED) is 0.210. The molecule has 3 saturated carbocycles. The van der Waals surface area contributed by atoms with Gasteiger partial charge in [-0.05, 0) is 75.4 Å². The van der Waals surface area contributed by atoms with Crippen molar-refractivity contribution in [2.75, 3.05) is 7.11 Å². The Kier molecular flexibility index (Phi) is 7.97. The van der Waals surface area contributed by atoms with Crippen molar-refractivity contribution in [3.05, 3.63) is 47.1 Å². The number of rotatable bonds is 6. The number of allylic oxidation sites excluding steroid dienone is 8. The van der Waals surface area contributed by atoms with Crippen LogP contribution in [-0.4, -0.2) is 37.2 Å². The average Bonchev–Trinajstić information content (AvgIpc) is 3.10. The zero-order valence-electron chi connectivity index (χ0n) is 22.7. The van der Waals surface area contributed by atoms with E-state index in [9.17, 15) is 19.2 Å². The molecule has 196 valence electrons. The molecule has 6 heteroatoms. The van der Waals surface area contributed by atoms with Gasteiger partial charge >= 0.3 is 11.9 Å². The number of esters is 2. The van der Waals surface area contributed by atoms with Gasteiger partial charge in [-0.1, -0.05) is 43.7 Å². The van der Waals surface area contributed by atoms with Gasteiger partial charge in [-0.15, -0.1) is 0 Å². The van der Waals surface area contributed by atoms with Gasteiger partial charge in [0.15, 0.2) is 5.78 Å². The molecule has 0 aliphatic heterocycles. The standard InChI is InChI=1S/C30H40O6/c1-19(11-9-17-31)10-8-12-20(2)26-22(33)18-24-28(4)16-14-25(36-21(3)32)30(6,27(34)35-7)23(28)13-15-29(24,26)5/h8-12,17,23-25H,13-16,18H2,1-7H3/b11-9+,12-8+,19-10+,26-20-/t23?,24?,25-,28+,29+,30-/m1/s1. The van der Waals surface area contributed by atoms with E-state index in [1.807, 2.05) is 39.0 Å². The molecule has 3 fully saturated rings. The van der Waals surface area contributed by atoms with Crippen LogP contribution in [0.3, 0.4) is 0 Å². The molecule has 6 atom stereocenters. The normalized spacial score (nSPS) is 38.0. The summed E-state index contributed by atoms with van der Waals surface area (Å²) >= 11 is 0. The minimum Gasteiger partial charge on any atom is -0.468 e. The van der Waals surface area contributed by atoms with Crippen molar-refractivity contribution in [1.29, 1.82) is 0 Å². The lowest BCUT2D eigenvalue weighted by atomic mass is 9.42. The van der Waals surface area contributed by atoms with Gasteiger partial charge in [-0.2, -0.15) is 0 Å². The van der Waals surface area contributed by atoms with Crippen LogP contribution in [0.2, 0.25) is 0 Å². The fourth-order valence-electron chi connectivity index (χ4n) is 7.80. The van der Waals surface area contributed by atoms with Crippen LogP contribution in [0.5, 0.6) is 0 Å². The molecule has 3 aliphatic rings. The Balaban J connectivity index is 2.00. The highest BCUT2D eigenvalue weighted by Gasteiger charge is 2.68. The molecule has 3 aliphatic carbocycles. The molecule has 2 unspecified atom stereocenters. The molecule has 0 N–H and O–H groups in total. The number of aldehydes is 1. The number of ketones is 1. The van der Waals surface area contributed by atoms with Crippen LogP contribution in [0, 0.1) is 28.1 Å². The summed E-state index contributed by atoms with van der Waals surface area (Å²) in [6.07, 6.45) is 12.5. The Morgan fingerprint density at radius 3 is 2.28 bits per heavy atom. The Hall–Kier alpha value is -2.76. The first-order valence-corrected chi connectivity index (χ1v) is 12.8. The molecule has 0 saturated heterocycles. The number of carbonyl (C=O) groups is 4. The van der Waals surface area contributed by atoms with E-state index in [1.165, 1.54) is 20.1 Å². The molecule has 0 aromatic carbocycles. The fourth-order valence-corrected chi connectivity index (χ4v) is 7.80. The molecular weight excluding hydrogens is 456 g/mol. The lowest BCUT2D eigenvalue weighted by Gasteiger charge is -2.61. The zero-order valence-corrected chi connectivity index (χ0v) is 22.7. The SMILES string of the molecule is COC(=O)[C@]1(C)C2CC[C@]3(C)\C(=C(C)/C=C/C=C(C)/C=C/C=O)C(=O)CC3[C@@]2(C)CC[C@H]1OC(C)=O. The molecule has 0 spiro atoms. The smallest absolute Gasteiger partial charge is 0.315 e. The van der Waals surface area contributed by atoms with Gasteiger partial charge in [0.2, 0.25) is 0 Å². The van der Waals surface area contributed by atoms with Gasteiger partial charge in [-0.25, -0.2) is 0 Å². The highest BCUT2D eigenvalue weighted by molar-refractivity contribution is 6.01. The topological polar surface area (TPSA) is 86.7 Å². The number of ether oxygens (including phenoxy) is 2. The van der Waals surface area contributed by atoms with Crippen LogP contribution in [0.15, 0.2) is 47.1 Å². The number of fused-ring (bicyclic) bond motifs is 3. The molecule has 0 aromatic rings. The van der Waals surface area contributed by atoms with Crippen LogP contribution < -0.4 is 0 Å². The van der Waals surface area contributed by atoms with Gasteiger partial charge in [0.1, 0.15) is 17.8 Å². The summed E-state index contributed by atoms with van der Waals surface area (Å²) in [6.45, 7) is 11.6. The summed E-state index contributed by atoms with van der Waals surface area (Å²) in [4.78, 5) is 49.1. The summed E-state index contributed by atoms with van der Waals surface area (Å²) in [7, 11) is 1.39. The maximum Gasteiger partial charge on any atom is 0.315 e. The Morgan fingerprint density at radius 1 is 0.972 bits per heavy atom. The summed E-state index contributed by atoms with van der Waals surface area (Å²) in [6, 6.07) is 0. The summed E-state index contributed by atoms with van der Waals surface area (Å²) in [5.74, 6) is -0.543. The van der Waals surface area contributed by atoms with Crippen molar-refractivity contribution in [2.24, 2.45) is 28.1 Å². The predicted octanol–water partition coefficient (Wildman–Crippen LogP) is 5.48. The van der Waals surface area contributed by atoms with Crippen LogP contribution in [0.1, 0.15) is 73.6 Å². The van der Waals surface area contributed by atoms with E-state index < -0.39 is 17.5 Å². The Bertz CT molecular complexity index is 1060. The lowest BCUT2D eigenvalue weighted by molar-refractivity contribution is -0.206. The predicted molar refractivity (Wildman–Crippen MR) is 138 cm³/mol. The van der Waals surface area contributed by atoms with Crippen molar-refractivity contribution in [3.8, 4) is 0 Å². The molecule has 6 nitrogen and oxygen atoms in total. The van der Waals surface area contributed by atoms with E-state index in [2.05, 4.69) is 13.8 Å². The third kappa shape index (κ3) is 4.55. The highest BCUT2D eigenvalue weighted by atomic mass is 16.6. The van der Waals surface area contributed by atoms with E-state index in [4.69, 9.17) is 9.47 Å². The molecule has 0 bridgehead atoms. The second-order valence-electron chi connectivity index (χ2n) is 11.4. The van der Waals surface area contributed by atoms with Gasteiger partial charge < -0.3 is 9.47 Å². The molecular formula is C30H40O6. The summed E-state index contributed by atoms with van der Waals surface area (Å²) in [5.41, 5.74) is 1.26. The Morgan fingerprint density at radius 2 is 1.67 bits per heavy atom. The van der Waals surface area contributed by atoms with Crippen LogP contribution in [0.4, 0.5) is 0 Å². The summed E-state index contributed by atoms with van der Waals surface area (Å²) < 4.78 is 10.9. The van der Waals surface area contributed by atoms with Crippen molar-refractivity contribution in [1.82, 2.24) is 0 Å². The summed E-state index contributed by atoms with van der Waals surface area (Å²) in [5, 5.41) is 0. The first-order chi connectivity index (χ1) is 16.9. The highest BCUT2D eigenvalue weighted by Crippen LogP contribution is 2.69. The molecule has 0 heterocycles. The van der Waals surface area contributed by atoms with E-state index in [0.29, 0.717) is 12.8 Å².